The van der Waals surface area contributed by atoms with Crippen molar-refractivity contribution in [1.29, 1.82) is 0 Å². The second-order valence-corrected chi connectivity index (χ2v) is 6.45. The molecule has 0 saturated carbocycles. The summed E-state index contributed by atoms with van der Waals surface area (Å²) >= 11 is 0. The topological polar surface area (TPSA) is 64.4 Å². The first-order valence-electron chi connectivity index (χ1n) is 8.61. The third-order valence-electron chi connectivity index (χ3n) is 4.92. The van der Waals surface area contributed by atoms with E-state index < -0.39 is 17.8 Å². The molecule has 1 amide bonds. The summed E-state index contributed by atoms with van der Waals surface area (Å²) in [4.78, 5) is 26.8. The van der Waals surface area contributed by atoms with Crippen LogP contribution in [0.15, 0.2) is 30.5 Å². The maximum Gasteiger partial charge on any atom is 0.311 e. The lowest BCUT2D eigenvalue weighted by molar-refractivity contribution is -0.145. The number of likely N-dealkylation sites (tertiary alicyclic amines) is 1. The number of nitrogens with zero attached hydrogens (tertiary/aromatic N) is 3. The van der Waals surface area contributed by atoms with Crippen molar-refractivity contribution in [2.24, 2.45) is 5.92 Å². The van der Waals surface area contributed by atoms with Crippen LogP contribution in [0, 0.1) is 18.7 Å². The van der Waals surface area contributed by atoms with Crippen molar-refractivity contribution in [3.8, 4) is 0 Å². The summed E-state index contributed by atoms with van der Waals surface area (Å²) in [6.45, 7) is 4.84. The fourth-order valence-electron chi connectivity index (χ4n) is 3.51. The summed E-state index contributed by atoms with van der Waals surface area (Å²) < 4.78 is 20.9. The van der Waals surface area contributed by atoms with E-state index in [-0.39, 0.29) is 24.8 Å². The number of carbonyl (C=O) groups is 2. The van der Waals surface area contributed by atoms with Gasteiger partial charge in [0.25, 0.3) is 5.91 Å². The van der Waals surface area contributed by atoms with E-state index in [1.807, 2.05) is 6.92 Å². The van der Waals surface area contributed by atoms with Crippen LogP contribution in [0.3, 0.4) is 0 Å². The fourth-order valence-corrected chi connectivity index (χ4v) is 3.51. The van der Waals surface area contributed by atoms with E-state index in [1.165, 1.54) is 13.2 Å². The van der Waals surface area contributed by atoms with Gasteiger partial charge in [0.1, 0.15) is 5.82 Å². The van der Waals surface area contributed by atoms with Gasteiger partial charge in [0.2, 0.25) is 0 Å². The smallest absolute Gasteiger partial charge is 0.311 e. The highest BCUT2D eigenvalue weighted by Gasteiger charge is 2.42. The predicted molar refractivity (Wildman–Crippen MR) is 93.2 cm³/mol. The zero-order chi connectivity index (χ0) is 18.8. The maximum absolute atomic E-state index is 14.3. The van der Waals surface area contributed by atoms with Crippen LogP contribution in [0.5, 0.6) is 0 Å². The number of carbonyl (C=O) groups excluding carboxylic acids is 2. The second-order valence-electron chi connectivity index (χ2n) is 6.45. The number of amides is 1. The Labute approximate surface area is 151 Å². The highest BCUT2D eigenvalue weighted by atomic mass is 19.1. The first-order chi connectivity index (χ1) is 12.5. The zero-order valence-corrected chi connectivity index (χ0v) is 15.1. The van der Waals surface area contributed by atoms with Gasteiger partial charge in [-0.15, -0.1) is 0 Å². The normalized spacial score (nSPS) is 19.6. The molecular weight excluding hydrogens is 337 g/mol. The summed E-state index contributed by atoms with van der Waals surface area (Å²) in [5.74, 6) is -2.04. The van der Waals surface area contributed by atoms with Crippen molar-refractivity contribution >= 4 is 11.9 Å². The monoisotopic (exact) mass is 359 g/mol. The Bertz CT molecular complexity index is 833. The van der Waals surface area contributed by atoms with E-state index in [0.29, 0.717) is 23.4 Å². The number of hydrogen-bond donors (Lipinski definition) is 0. The quantitative estimate of drug-likeness (QED) is 0.787. The number of hydrogen-bond acceptors (Lipinski definition) is 4. The molecule has 2 aromatic rings. The number of esters is 1. The molecule has 6 nitrogen and oxygen atoms in total. The van der Waals surface area contributed by atoms with Gasteiger partial charge in [0, 0.05) is 31.7 Å². The fraction of sp³-hybridized carbons (Fsp3) is 0.421. The standard InChI is InChI=1S/C19H22FN3O3/c1-4-23-11-14(12(2)21-23)18(24)22-9-15(16(10-22)19(25)26-3)13-7-5-6-8-17(13)20/h5-8,11,15-16H,4,9-10H2,1-3H3/t15-,16+/m1/s1. The summed E-state index contributed by atoms with van der Waals surface area (Å²) in [5.41, 5.74) is 1.57. The molecule has 2 heterocycles. The molecule has 0 bridgehead atoms. The average Bonchev–Trinajstić information content (AvgIpc) is 3.24. The third kappa shape index (κ3) is 3.21. The van der Waals surface area contributed by atoms with Gasteiger partial charge in [-0.25, -0.2) is 4.39 Å². The number of rotatable bonds is 4. The van der Waals surface area contributed by atoms with Crippen LogP contribution in [0.4, 0.5) is 4.39 Å². The van der Waals surface area contributed by atoms with Crippen LogP contribution < -0.4 is 0 Å². The minimum Gasteiger partial charge on any atom is -0.469 e. The molecule has 1 aromatic heterocycles. The first-order valence-corrected chi connectivity index (χ1v) is 8.61. The molecular formula is C19H22FN3O3. The van der Waals surface area contributed by atoms with Gasteiger partial charge < -0.3 is 9.64 Å². The Kier molecular flexibility index (Phi) is 5.06. The second kappa shape index (κ2) is 7.27. The number of aromatic nitrogens is 2. The number of aryl methyl sites for hydroxylation is 2. The molecule has 1 fully saturated rings. The molecule has 0 unspecified atom stereocenters. The minimum atomic E-state index is -0.595. The Morgan fingerprint density at radius 1 is 1.31 bits per heavy atom. The highest BCUT2D eigenvalue weighted by Crippen LogP contribution is 2.35. The van der Waals surface area contributed by atoms with Crippen LogP contribution in [0.2, 0.25) is 0 Å². The van der Waals surface area contributed by atoms with E-state index >= 15 is 0 Å². The van der Waals surface area contributed by atoms with Gasteiger partial charge >= 0.3 is 5.97 Å². The molecule has 7 heteroatoms. The van der Waals surface area contributed by atoms with Crippen LogP contribution in [-0.4, -0.2) is 46.8 Å². The van der Waals surface area contributed by atoms with Crippen molar-refractivity contribution in [3.05, 3.63) is 53.1 Å². The number of methoxy groups -OCH3 is 1. The van der Waals surface area contributed by atoms with E-state index in [1.54, 1.807) is 40.9 Å². The summed E-state index contributed by atoms with van der Waals surface area (Å²) in [5, 5.41) is 4.30. The van der Waals surface area contributed by atoms with Crippen LogP contribution in [0.25, 0.3) is 0 Å². The first kappa shape index (κ1) is 18.1. The Balaban J connectivity index is 1.91. The molecule has 26 heavy (non-hydrogen) atoms. The lowest BCUT2D eigenvalue weighted by atomic mass is 9.88. The third-order valence-corrected chi connectivity index (χ3v) is 4.92. The van der Waals surface area contributed by atoms with Gasteiger partial charge in [-0.1, -0.05) is 18.2 Å². The molecule has 2 atom stereocenters. The van der Waals surface area contributed by atoms with Crippen LogP contribution in [-0.2, 0) is 16.1 Å². The Hall–Kier alpha value is -2.70. The van der Waals surface area contributed by atoms with Gasteiger partial charge in [-0.2, -0.15) is 5.10 Å². The maximum atomic E-state index is 14.3. The largest absolute Gasteiger partial charge is 0.469 e. The summed E-state index contributed by atoms with van der Waals surface area (Å²) in [6, 6.07) is 6.35. The van der Waals surface area contributed by atoms with Gasteiger partial charge in [-0.3, -0.25) is 14.3 Å². The van der Waals surface area contributed by atoms with Crippen molar-refractivity contribution < 1.29 is 18.7 Å². The van der Waals surface area contributed by atoms with Crippen LogP contribution >= 0.6 is 0 Å². The van der Waals surface area contributed by atoms with Crippen molar-refractivity contribution in [1.82, 2.24) is 14.7 Å². The van der Waals surface area contributed by atoms with E-state index in [9.17, 15) is 14.0 Å². The molecule has 0 N–H and O–H groups in total. The lowest BCUT2D eigenvalue weighted by Gasteiger charge is -2.17. The molecule has 1 saturated heterocycles. The van der Waals surface area contributed by atoms with E-state index in [2.05, 4.69) is 5.10 Å². The number of halogens is 1. The van der Waals surface area contributed by atoms with Crippen molar-refractivity contribution in [2.45, 2.75) is 26.3 Å². The van der Waals surface area contributed by atoms with Crippen LogP contribution in [0.1, 0.15) is 34.5 Å². The molecule has 1 aromatic carbocycles. The molecule has 1 aliphatic rings. The van der Waals surface area contributed by atoms with Gasteiger partial charge in [0.15, 0.2) is 0 Å². The molecule has 1 aliphatic heterocycles. The Morgan fingerprint density at radius 3 is 2.65 bits per heavy atom. The SMILES string of the molecule is CCn1cc(C(=O)N2C[C@H](C(=O)OC)[C@@H](c3ccccc3F)C2)c(C)n1. The van der Waals surface area contributed by atoms with Gasteiger partial charge in [0.05, 0.1) is 24.3 Å². The van der Waals surface area contributed by atoms with Crippen molar-refractivity contribution in [3.63, 3.8) is 0 Å². The summed E-state index contributed by atoms with van der Waals surface area (Å²) in [7, 11) is 1.31. The molecule has 138 valence electrons. The molecule has 0 spiro atoms. The minimum absolute atomic E-state index is 0.196. The van der Waals surface area contributed by atoms with Gasteiger partial charge in [-0.05, 0) is 25.5 Å². The lowest BCUT2D eigenvalue weighted by Crippen LogP contribution is -2.30. The van der Waals surface area contributed by atoms with E-state index in [4.69, 9.17) is 4.74 Å². The number of ether oxygens (including phenoxy) is 1. The number of benzene rings is 1. The molecule has 3 rings (SSSR count). The Morgan fingerprint density at radius 2 is 2.04 bits per heavy atom. The average molecular weight is 359 g/mol. The highest BCUT2D eigenvalue weighted by molar-refractivity contribution is 5.95. The predicted octanol–water partition coefficient (Wildman–Crippen LogP) is 2.38. The van der Waals surface area contributed by atoms with Crippen molar-refractivity contribution in [2.75, 3.05) is 20.2 Å². The molecule has 0 aliphatic carbocycles. The van der Waals surface area contributed by atoms with E-state index in [0.717, 1.165) is 0 Å². The summed E-state index contributed by atoms with van der Waals surface area (Å²) in [6.07, 6.45) is 1.71. The molecule has 0 radical (unpaired) electrons. The zero-order valence-electron chi connectivity index (χ0n) is 15.1.